The van der Waals surface area contributed by atoms with E-state index in [-0.39, 0.29) is 0 Å². The Hall–Kier alpha value is -2.29. The summed E-state index contributed by atoms with van der Waals surface area (Å²) in [4.78, 5) is 10.5. The first-order valence-corrected chi connectivity index (χ1v) is 9.27. The van der Waals surface area contributed by atoms with Crippen LogP contribution in [0.5, 0.6) is 5.75 Å². The monoisotopic (exact) mass is 338 g/mol. The van der Waals surface area contributed by atoms with Crippen LogP contribution in [0.25, 0.3) is 11.1 Å². The number of ether oxygens (including phenoxy) is 1. The first-order chi connectivity index (χ1) is 12.2. The molecule has 0 heterocycles. The lowest BCUT2D eigenvalue weighted by molar-refractivity contribution is 0.144. The van der Waals surface area contributed by atoms with Gasteiger partial charge in [0.1, 0.15) is 5.75 Å². The molecule has 25 heavy (non-hydrogen) atoms. The molecular formula is C22H26O3. The molecule has 1 N–H and O–H groups in total. The fourth-order valence-electron chi connectivity index (χ4n) is 3.96. The van der Waals surface area contributed by atoms with Crippen molar-refractivity contribution in [2.75, 3.05) is 0 Å². The van der Waals surface area contributed by atoms with Crippen LogP contribution in [-0.2, 0) is 0 Å². The molecule has 0 saturated heterocycles. The average Bonchev–Trinajstić information content (AvgIpc) is 2.63. The summed E-state index contributed by atoms with van der Waals surface area (Å²) in [5.74, 6) is 1.98. The van der Waals surface area contributed by atoms with E-state index in [0.29, 0.717) is 11.7 Å². The summed E-state index contributed by atoms with van der Waals surface area (Å²) in [5.41, 5.74) is 3.66. The summed E-state index contributed by atoms with van der Waals surface area (Å²) >= 11 is 0. The number of benzene rings is 2. The predicted octanol–water partition coefficient (Wildman–Crippen LogP) is 6.48. The zero-order valence-electron chi connectivity index (χ0n) is 14.8. The molecule has 0 aromatic heterocycles. The molecule has 0 amide bonds. The highest BCUT2D eigenvalue weighted by Crippen LogP contribution is 2.38. The quantitative estimate of drug-likeness (QED) is 0.501. The van der Waals surface area contributed by atoms with E-state index in [1.54, 1.807) is 12.1 Å². The summed E-state index contributed by atoms with van der Waals surface area (Å²) in [5, 5.41) is 8.63. The van der Waals surface area contributed by atoms with Gasteiger partial charge < -0.3 is 9.84 Å². The molecule has 2 aromatic rings. The van der Waals surface area contributed by atoms with Crippen LogP contribution in [0.1, 0.15) is 56.9 Å². The Balaban J connectivity index is 1.63. The lowest BCUT2D eigenvalue weighted by atomic mass is 9.77. The molecule has 0 aliphatic heterocycles. The predicted molar refractivity (Wildman–Crippen MR) is 100 cm³/mol. The van der Waals surface area contributed by atoms with Crippen molar-refractivity contribution in [2.45, 2.75) is 51.4 Å². The maximum atomic E-state index is 10.5. The van der Waals surface area contributed by atoms with Gasteiger partial charge in [0.25, 0.3) is 0 Å². The van der Waals surface area contributed by atoms with Gasteiger partial charge in [0.15, 0.2) is 0 Å². The Morgan fingerprint density at radius 1 is 0.960 bits per heavy atom. The molecule has 2 aromatic carbocycles. The molecule has 0 atom stereocenters. The Kier molecular flexibility index (Phi) is 5.75. The third-order valence-corrected chi connectivity index (χ3v) is 5.32. The van der Waals surface area contributed by atoms with Gasteiger partial charge in [-0.3, -0.25) is 0 Å². The lowest BCUT2D eigenvalue weighted by Crippen LogP contribution is -2.13. The van der Waals surface area contributed by atoms with Crippen molar-refractivity contribution < 1.29 is 14.6 Å². The number of rotatable bonds is 5. The van der Waals surface area contributed by atoms with E-state index in [4.69, 9.17) is 5.11 Å². The fraction of sp³-hybridized carbons (Fsp3) is 0.409. The molecule has 3 nitrogen and oxygen atoms in total. The highest BCUT2D eigenvalue weighted by atomic mass is 16.7. The van der Waals surface area contributed by atoms with Crippen LogP contribution in [0.3, 0.4) is 0 Å². The van der Waals surface area contributed by atoms with Crippen LogP contribution in [0.2, 0.25) is 0 Å². The number of carbonyl (C=O) groups is 1. The van der Waals surface area contributed by atoms with Gasteiger partial charge >= 0.3 is 6.16 Å². The second kappa shape index (κ2) is 8.19. The normalized spacial score (nSPS) is 20.2. The molecule has 3 heteroatoms. The van der Waals surface area contributed by atoms with Crippen molar-refractivity contribution in [3.63, 3.8) is 0 Å². The second-order valence-electron chi connectivity index (χ2n) is 7.02. The van der Waals surface area contributed by atoms with E-state index in [0.717, 1.165) is 17.0 Å². The lowest BCUT2D eigenvalue weighted by Gasteiger charge is -2.28. The van der Waals surface area contributed by atoms with Gasteiger partial charge in [-0.05, 0) is 66.3 Å². The Bertz CT molecular complexity index is 680. The van der Waals surface area contributed by atoms with Gasteiger partial charge in [0.05, 0.1) is 0 Å². The largest absolute Gasteiger partial charge is 0.511 e. The highest BCUT2D eigenvalue weighted by Gasteiger charge is 2.21. The molecule has 1 aliphatic rings. The summed E-state index contributed by atoms with van der Waals surface area (Å²) in [6, 6.07) is 16.0. The standard InChI is InChI=1S/C22H26O3/c1-2-3-16-4-6-17(7-5-16)18-8-10-19(11-9-18)20-12-14-21(15-13-20)25-22(23)24/h8-17H,2-7H2,1H3,(H,23,24)/t16-,17-. The molecule has 0 spiro atoms. The SMILES string of the molecule is CCC[C@H]1CC[C@H](c2ccc(-c3ccc(OC(=O)O)cc3)cc2)CC1. The van der Waals surface area contributed by atoms with Crippen LogP contribution in [0, 0.1) is 5.92 Å². The molecule has 0 unspecified atom stereocenters. The smallest absolute Gasteiger partial charge is 0.449 e. The van der Waals surface area contributed by atoms with Crippen LogP contribution < -0.4 is 4.74 Å². The summed E-state index contributed by atoms with van der Waals surface area (Å²) in [6.45, 7) is 2.28. The van der Waals surface area contributed by atoms with Crippen molar-refractivity contribution in [2.24, 2.45) is 5.92 Å². The van der Waals surface area contributed by atoms with Crippen LogP contribution in [-0.4, -0.2) is 11.3 Å². The first kappa shape index (κ1) is 17.5. The third-order valence-electron chi connectivity index (χ3n) is 5.32. The van der Waals surface area contributed by atoms with Gasteiger partial charge in [-0.1, -0.05) is 56.2 Å². The summed E-state index contributed by atoms with van der Waals surface area (Å²) in [7, 11) is 0. The molecule has 1 fully saturated rings. The first-order valence-electron chi connectivity index (χ1n) is 9.27. The fourth-order valence-corrected chi connectivity index (χ4v) is 3.96. The van der Waals surface area contributed by atoms with Crippen molar-refractivity contribution >= 4 is 6.16 Å². The Labute approximate surface area is 149 Å². The Morgan fingerprint density at radius 3 is 2.04 bits per heavy atom. The summed E-state index contributed by atoms with van der Waals surface area (Å²) in [6.07, 6.45) is 6.76. The van der Waals surface area contributed by atoms with Crippen molar-refractivity contribution in [1.82, 2.24) is 0 Å². The van der Waals surface area contributed by atoms with Crippen LogP contribution in [0.4, 0.5) is 4.79 Å². The van der Waals surface area contributed by atoms with Crippen molar-refractivity contribution in [3.05, 3.63) is 54.1 Å². The highest BCUT2D eigenvalue weighted by molar-refractivity contribution is 5.66. The molecule has 1 aliphatic carbocycles. The second-order valence-corrected chi connectivity index (χ2v) is 7.02. The maximum Gasteiger partial charge on any atom is 0.511 e. The Morgan fingerprint density at radius 2 is 1.52 bits per heavy atom. The van der Waals surface area contributed by atoms with Gasteiger partial charge in [-0.15, -0.1) is 0 Å². The number of hydrogen-bond acceptors (Lipinski definition) is 2. The zero-order valence-corrected chi connectivity index (χ0v) is 14.8. The van der Waals surface area contributed by atoms with Crippen LogP contribution in [0.15, 0.2) is 48.5 Å². The van der Waals surface area contributed by atoms with Gasteiger partial charge in [-0.2, -0.15) is 0 Å². The minimum Gasteiger partial charge on any atom is -0.449 e. The zero-order chi connectivity index (χ0) is 17.6. The van der Waals surface area contributed by atoms with Gasteiger partial charge in [-0.25, -0.2) is 4.79 Å². The maximum absolute atomic E-state index is 10.5. The van der Waals surface area contributed by atoms with Gasteiger partial charge in [0.2, 0.25) is 0 Å². The minimum absolute atomic E-state index is 0.344. The third kappa shape index (κ3) is 4.62. The van der Waals surface area contributed by atoms with Crippen molar-refractivity contribution in [3.8, 4) is 16.9 Å². The van der Waals surface area contributed by atoms with E-state index in [9.17, 15) is 4.79 Å². The van der Waals surface area contributed by atoms with Gasteiger partial charge in [0, 0.05) is 0 Å². The van der Waals surface area contributed by atoms with E-state index < -0.39 is 6.16 Å². The average molecular weight is 338 g/mol. The topological polar surface area (TPSA) is 46.5 Å². The van der Waals surface area contributed by atoms with E-state index >= 15 is 0 Å². The number of carboxylic acid groups (broad SMARTS) is 1. The van der Waals surface area contributed by atoms with E-state index in [1.807, 2.05) is 12.1 Å². The molecule has 132 valence electrons. The van der Waals surface area contributed by atoms with E-state index in [1.165, 1.54) is 44.1 Å². The van der Waals surface area contributed by atoms with E-state index in [2.05, 4.69) is 35.9 Å². The molecule has 0 bridgehead atoms. The summed E-state index contributed by atoms with van der Waals surface area (Å²) < 4.78 is 4.65. The molecule has 1 saturated carbocycles. The van der Waals surface area contributed by atoms with Crippen molar-refractivity contribution in [1.29, 1.82) is 0 Å². The molecule has 0 radical (unpaired) electrons. The molecule has 3 rings (SSSR count). The molecular weight excluding hydrogens is 312 g/mol. The number of hydrogen-bond donors (Lipinski definition) is 1. The van der Waals surface area contributed by atoms with Crippen LogP contribution >= 0.6 is 0 Å². The minimum atomic E-state index is -1.29.